The van der Waals surface area contributed by atoms with Crippen LogP contribution in [0.4, 0.5) is 26.3 Å². The Morgan fingerprint density at radius 1 is 1.07 bits per heavy atom. The zero-order valence-corrected chi connectivity index (χ0v) is 14.3. The molecule has 0 saturated heterocycles. The van der Waals surface area contributed by atoms with Gasteiger partial charge in [-0.05, 0) is 31.0 Å². The smallest absolute Gasteiger partial charge is 0.352 e. The van der Waals surface area contributed by atoms with Crippen LogP contribution in [-0.4, -0.2) is 17.4 Å². The molecule has 0 unspecified atom stereocenters. The van der Waals surface area contributed by atoms with Gasteiger partial charge in [0.05, 0.1) is 27.4 Å². The van der Waals surface area contributed by atoms with Crippen molar-refractivity contribution in [3.63, 3.8) is 0 Å². The predicted octanol–water partition coefficient (Wildman–Crippen LogP) is 5.14. The molecule has 0 saturated carbocycles. The number of benzene rings is 1. The van der Waals surface area contributed by atoms with Crippen LogP contribution in [0.5, 0.6) is 0 Å². The third-order valence-corrected chi connectivity index (χ3v) is 3.92. The molecule has 0 radical (unpaired) electrons. The van der Waals surface area contributed by atoms with Crippen molar-refractivity contribution < 1.29 is 31.1 Å². The molecule has 1 aromatic heterocycles. The molecule has 1 N–H and O–H groups in total. The van der Waals surface area contributed by atoms with E-state index in [0.29, 0.717) is 6.20 Å². The van der Waals surface area contributed by atoms with E-state index < -0.39 is 35.0 Å². The van der Waals surface area contributed by atoms with Gasteiger partial charge in [0.25, 0.3) is 5.91 Å². The number of amides is 1. The van der Waals surface area contributed by atoms with Gasteiger partial charge in [-0.25, -0.2) is 0 Å². The highest BCUT2D eigenvalue weighted by Crippen LogP contribution is 2.32. The first-order valence-electron chi connectivity index (χ1n) is 7.66. The van der Waals surface area contributed by atoms with Crippen molar-refractivity contribution in [1.82, 2.24) is 10.3 Å². The molecule has 1 heterocycles. The fourth-order valence-corrected chi connectivity index (χ4v) is 2.55. The van der Waals surface area contributed by atoms with E-state index in [1.165, 1.54) is 12.1 Å². The van der Waals surface area contributed by atoms with E-state index in [-0.39, 0.29) is 30.1 Å². The summed E-state index contributed by atoms with van der Waals surface area (Å²) in [5.41, 5.74) is -2.33. The van der Waals surface area contributed by atoms with Gasteiger partial charge in [-0.3, -0.25) is 9.78 Å². The number of rotatable bonds is 5. The maximum Gasteiger partial charge on any atom is 0.417 e. The number of carbonyl (C=O) groups excluding carboxylic acids is 1. The quantitative estimate of drug-likeness (QED) is 0.548. The normalized spacial score (nSPS) is 12.1. The van der Waals surface area contributed by atoms with Crippen molar-refractivity contribution in [3.8, 4) is 0 Å². The van der Waals surface area contributed by atoms with Crippen molar-refractivity contribution in [2.24, 2.45) is 0 Å². The van der Waals surface area contributed by atoms with Crippen LogP contribution in [0.25, 0.3) is 0 Å². The predicted molar refractivity (Wildman–Crippen MR) is 86.3 cm³/mol. The van der Waals surface area contributed by atoms with Gasteiger partial charge in [0, 0.05) is 12.7 Å². The molecule has 0 atom stereocenters. The van der Waals surface area contributed by atoms with Crippen molar-refractivity contribution in [2.45, 2.75) is 25.2 Å². The van der Waals surface area contributed by atoms with Crippen LogP contribution in [0.2, 0.25) is 5.02 Å². The largest absolute Gasteiger partial charge is 0.417 e. The molecule has 0 aliphatic rings. The first-order valence-corrected chi connectivity index (χ1v) is 8.04. The Morgan fingerprint density at radius 3 is 2.33 bits per heavy atom. The van der Waals surface area contributed by atoms with E-state index in [0.717, 1.165) is 18.2 Å². The highest BCUT2D eigenvalue weighted by atomic mass is 35.5. The van der Waals surface area contributed by atoms with Crippen molar-refractivity contribution in [1.29, 1.82) is 0 Å². The van der Waals surface area contributed by atoms with Crippen LogP contribution in [0, 0.1) is 0 Å². The average molecular weight is 411 g/mol. The van der Waals surface area contributed by atoms with Gasteiger partial charge < -0.3 is 5.32 Å². The van der Waals surface area contributed by atoms with E-state index in [1.54, 1.807) is 0 Å². The van der Waals surface area contributed by atoms with Crippen LogP contribution in [0.3, 0.4) is 0 Å². The number of alkyl halides is 6. The molecule has 3 nitrogen and oxygen atoms in total. The maximum absolute atomic E-state index is 12.9. The number of nitrogens with zero attached hydrogens (tertiary/aromatic N) is 1. The number of hydrogen-bond donors (Lipinski definition) is 1. The summed E-state index contributed by atoms with van der Waals surface area (Å²) in [5.74, 6) is -0.894. The molecule has 0 aliphatic carbocycles. The summed E-state index contributed by atoms with van der Waals surface area (Å²) < 4.78 is 76.3. The second-order valence-corrected chi connectivity index (χ2v) is 5.96. The Labute approximate surface area is 155 Å². The van der Waals surface area contributed by atoms with Crippen LogP contribution in [0.1, 0.15) is 33.6 Å². The molecule has 2 rings (SSSR count). The van der Waals surface area contributed by atoms with Crippen LogP contribution < -0.4 is 5.32 Å². The summed E-state index contributed by atoms with van der Waals surface area (Å²) in [4.78, 5) is 15.6. The second-order valence-electron chi connectivity index (χ2n) is 5.55. The number of carbonyl (C=O) groups is 1. The summed E-state index contributed by atoms with van der Waals surface area (Å²) in [6, 6.07) is 5.11. The van der Waals surface area contributed by atoms with E-state index in [4.69, 9.17) is 11.6 Å². The SMILES string of the molecule is O=C(NCCCc1ncc(C(F)(F)F)cc1Cl)c1ccccc1C(F)(F)F. The molecule has 27 heavy (non-hydrogen) atoms. The zero-order chi connectivity index (χ0) is 20.2. The van der Waals surface area contributed by atoms with Gasteiger partial charge in [-0.1, -0.05) is 23.7 Å². The first-order chi connectivity index (χ1) is 12.5. The first kappa shape index (κ1) is 21.0. The number of halogens is 7. The number of aromatic nitrogens is 1. The Morgan fingerprint density at radius 2 is 1.74 bits per heavy atom. The fraction of sp³-hybridized carbons (Fsp3) is 0.294. The lowest BCUT2D eigenvalue weighted by molar-refractivity contribution is -0.138. The molecule has 0 spiro atoms. The monoisotopic (exact) mass is 410 g/mol. The summed E-state index contributed by atoms with van der Waals surface area (Å²) in [6.45, 7) is 0.00402. The Balaban J connectivity index is 1.94. The molecule has 0 fully saturated rings. The molecule has 0 aliphatic heterocycles. The molecule has 10 heteroatoms. The summed E-state index contributed by atoms with van der Waals surface area (Å²) in [7, 11) is 0. The van der Waals surface area contributed by atoms with E-state index >= 15 is 0 Å². The van der Waals surface area contributed by atoms with Crippen molar-refractivity contribution in [3.05, 3.63) is 63.9 Å². The number of pyridine rings is 1. The van der Waals surface area contributed by atoms with Gasteiger partial charge in [-0.15, -0.1) is 0 Å². The minimum Gasteiger partial charge on any atom is -0.352 e. The van der Waals surface area contributed by atoms with Gasteiger partial charge >= 0.3 is 12.4 Å². The van der Waals surface area contributed by atoms with Crippen molar-refractivity contribution >= 4 is 17.5 Å². The molecule has 146 valence electrons. The lowest BCUT2D eigenvalue weighted by atomic mass is 10.1. The van der Waals surface area contributed by atoms with E-state index in [2.05, 4.69) is 10.3 Å². The lowest BCUT2D eigenvalue weighted by Crippen LogP contribution is -2.27. The summed E-state index contributed by atoms with van der Waals surface area (Å²) in [5, 5.41) is 2.18. The average Bonchev–Trinajstić information content (AvgIpc) is 2.58. The van der Waals surface area contributed by atoms with E-state index in [1.807, 2.05) is 0 Å². The number of aryl methyl sites for hydroxylation is 1. The van der Waals surface area contributed by atoms with E-state index in [9.17, 15) is 31.1 Å². The molecule has 1 aromatic carbocycles. The molecule has 0 bridgehead atoms. The highest BCUT2D eigenvalue weighted by molar-refractivity contribution is 6.31. The maximum atomic E-state index is 12.9. The molecule has 2 aromatic rings. The van der Waals surface area contributed by atoms with Gasteiger partial charge in [0.1, 0.15) is 0 Å². The number of nitrogens with one attached hydrogen (secondary N) is 1. The summed E-state index contributed by atoms with van der Waals surface area (Å²) >= 11 is 5.77. The fourth-order valence-electron chi connectivity index (χ4n) is 2.29. The Kier molecular flexibility index (Phi) is 6.35. The minimum absolute atomic E-state index is 0.00402. The van der Waals surface area contributed by atoms with Gasteiger partial charge in [0.15, 0.2) is 0 Å². The molecular weight excluding hydrogens is 398 g/mol. The zero-order valence-electron chi connectivity index (χ0n) is 13.6. The van der Waals surface area contributed by atoms with Crippen molar-refractivity contribution in [2.75, 3.05) is 6.54 Å². The third-order valence-electron chi connectivity index (χ3n) is 3.60. The Hall–Kier alpha value is -2.29. The summed E-state index contributed by atoms with van der Waals surface area (Å²) in [6.07, 6.45) is -8.18. The minimum atomic E-state index is -4.66. The van der Waals surface area contributed by atoms with Crippen LogP contribution in [0.15, 0.2) is 36.5 Å². The second kappa shape index (κ2) is 8.16. The highest BCUT2D eigenvalue weighted by Gasteiger charge is 2.34. The molecular formula is C17H13ClF6N2O. The number of hydrogen-bond acceptors (Lipinski definition) is 2. The topological polar surface area (TPSA) is 42.0 Å². The lowest BCUT2D eigenvalue weighted by Gasteiger charge is -2.13. The van der Waals surface area contributed by atoms with Crippen LogP contribution >= 0.6 is 11.6 Å². The molecule has 1 amide bonds. The van der Waals surface area contributed by atoms with Crippen LogP contribution in [-0.2, 0) is 18.8 Å². The third kappa shape index (κ3) is 5.59. The Bertz CT molecular complexity index is 820. The standard InChI is InChI=1S/C17H13ClF6N2O/c18-13-8-10(16(19,20)21)9-26-14(13)6-3-7-25-15(27)11-4-1-2-5-12(11)17(22,23)24/h1-2,4-5,8-9H,3,6-7H2,(H,25,27). The van der Waals surface area contributed by atoms with Gasteiger partial charge in [0.2, 0.25) is 0 Å². The van der Waals surface area contributed by atoms with Gasteiger partial charge in [-0.2, -0.15) is 26.3 Å².